The van der Waals surface area contributed by atoms with Crippen molar-refractivity contribution in [2.45, 2.75) is 0 Å². The highest BCUT2D eigenvalue weighted by atomic mass is 16.3. The van der Waals surface area contributed by atoms with Gasteiger partial charge in [0.15, 0.2) is 17.5 Å². The molecular weight excluding hydrogens is 805 g/mol. The fraction of sp³-hybridized carbons (Fsp3) is 0. The number of aromatic nitrogens is 4. The summed E-state index contributed by atoms with van der Waals surface area (Å²) >= 11 is 0. The zero-order valence-corrected chi connectivity index (χ0v) is 35.5. The third kappa shape index (κ3) is 5.70. The second-order valence-corrected chi connectivity index (χ2v) is 17.2. The molecule has 306 valence electrons. The predicted molar refractivity (Wildman–Crippen MR) is 273 cm³/mol. The van der Waals surface area contributed by atoms with E-state index in [2.05, 4.69) is 217 Å². The van der Waals surface area contributed by atoms with Gasteiger partial charge in [-0.05, 0) is 85.2 Å². The monoisotopic (exact) mass is 840 g/mol. The zero-order valence-electron chi connectivity index (χ0n) is 35.5. The Labute approximate surface area is 378 Å². The summed E-state index contributed by atoms with van der Waals surface area (Å²) in [6.45, 7) is 0. The molecule has 3 aromatic heterocycles. The molecule has 66 heavy (non-hydrogen) atoms. The molecule has 0 atom stereocenters. The Morgan fingerprint density at radius 1 is 0.318 bits per heavy atom. The zero-order chi connectivity index (χ0) is 43.3. The number of nitrogens with zero attached hydrogens (tertiary/aromatic N) is 4. The minimum atomic E-state index is 0.564. The van der Waals surface area contributed by atoms with Gasteiger partial charge in [0.25, 0.3) is 0 Å². The van der Waals surface area contributed by atoms with Crippen LogP contribution in [0.25, 0.3) is 138 Å². The van der Waals surface area contributed by atoms with Crippen molar-refractivity contribution < 1.29 is 4.42 Å². The highest BCUT2D eigenvalue weighted by Crippen LogP contribution is 2.44. The fourth-order valence-corrected chi connectivity index (χ4v) is 10.2. The Morgan fingerprint density at radius 2 is 0.833 bits per heavy atom. The van der Waals surface area contributed by atoms with E-state index in [0.717, 1.165) is 88.0 Å². The van der Waals surface area contributed by atoms with Gasteiger partial charge in [0.1, 0.15) is 11.2 Å². The molecule has 0 aliphatic heterocycles. The molecule has 0 spiro atoms. The molecule has 0 radical (unpaired) electrons. The number of hydrogen-bond acceptors (Lipinski definition) is 4. The Bertz CT molecular complexity index is 4180. The average molecular weight is 841 g/mol. The third-order valence-corrected chi connectivity index (χ3v) is 13.4. The smallest absolute Gasteiger partial charge is 0.164 e. The van der Waals surface area contributed by atoms with E-state index in [1.54, 1.807) is 0 Å². The van der Waals surface area contributed by atoms with Crippen molar-refractivity contribution in [3.8, 4) is 51.0 Å². The molecule has 5 heteroatoms. The summed E-state index contributed by atoms with van der Waals surface area (Å²) in [6, 6.07) is 77.5. The summed E-state index contributed by atoms with van der Waals surface area (Å²) in [5.41, 5.74) is 9.74. The van der Waals surface area contributed by atoms with Crippen molar-refractivity contribution in [1.29, 1.82) is 0 Å². The number of hydrogen-bond donors (Lipinski definition) is 0. The lowest BCUT2D eigenvalue weighted by Crippen LogP contribution is -2.02. The summed E-state index contributed by atoms with van der Waals surface area (Å²) in [5, 5.41) is 13.5. The van der Waals surface area contributed by atoms with Crippen molar-refractivity contribution in [3.63, 3.8) is 0 Å². The van der Waals surface area contributed by atoms with E-state index in [4.69, 9.17) is 19.4 Å². The second kappa shape index (κ2) is 14.3. The van der Waals surface area contributed by atoms with E-state index in [9.17, 15) is 0 Å². The first kappa shape index (κ1) is 36.5. The van der Waals surface area contributed by atoms with Crippen LogP contribution in [0.5, 0.6) is 0 Å². The van der Waals surface area contributed by atoms with Crippen molar-refractivity contribution in [2.75, 3.05) is 0 Å². The van der Waals surface area contributed by atoms with Crippen LogP contribution in [0.1, 0.15) is 0 Å². The van der Waals surface area contributed by atoms with Gasteiger partial charge in [-0.25, -0.2) is 15.0 Å². The van der Waals surface area contributed by atoms with E-state index in [0.29, 0.717) is 17.5 Å². The molecule has 0 aliphatic carbocycles. The van der Waals surface area contributed by atoms with Crippen molar-refractivity contribution in [1.82, 2.24) is 19.5 Å². The molecule has 0 saturated heterocycles. The topological polar surface area (TPSA) is 56.7 Å². The highest BCUT2D eigenvalue weighted by Gasteiger charge is 2.23. The lowest BCUT2D eigenvalue weighted by Gasteiger charge is -2.14. The second-order valence-electron chi connectivity index (χ2n) is 17.2. The highest BCUT2D eigenvalue weighted by molar-refractivity contribution is 6.20. The maximum atomic E-state index is 7.09. The van der Waals surface area contributed by atoms with Crippen LogP contribution in [0.4, 0.5) is 0 Å². The number of rotatable bonds is 5. The lowest BCUT2D eigenvalue weighted by molar-refractivity contribution is 0.672. The summed E-state index contributed by atoms with van der Waals surface area (Å²) in [4.78, 5) is 16.2. The van der Waals surface area contributed by atoms with E-state index in [1.165, 1.54) is 32.3 Å². The third-order valence-electron chi connectivity index (χ3n) is 13.4. The van der Waals surface area contributed by atoms with Crippen LogP contribution >= 0.6 is 0 Å². The Morgan fingerprint density at radius 3 is 1.52 bits per heavy atom. The molecule has 5 nitrogen and oxygen atoms in total. The Kier molecular flexibility index (Phi) is 7.91. The first-order valence-corrected chi connectivity index (χ1v) is 22.3. The van der Waals surface area contributed by atoms with Crippen LogP contribution in [-0.4, -0.2) is 19.5 Å². The van der Waals surface area contributed by atoms with E-state index >= 15 is 0 Å². The molecule has 0 saturated carbocycles. The van der Waals surface area contributed by atoms with Gasteiger partial charge in [0.05, 0.1) is 16.7 Å². The van der Waals surface area contributed by atoms with Crippen molar-refractivity contribution >= 4 is 86.8 Å². The van der Waals surface area contributed by atoms with Crippen LogP contribution in [0.15, 0.2) is 223 Å². The number of furan rings is 1. The van der Waals surface area contributed by atoms with Crippen molar-refractivity contribution in [2.24, 2.45) is 0 Å². The molecule has 0 amide bonds. The van der Waals surface area contributed by atoms with E-state index in [1.807, 2.05) is 6.07 Å². The number of benzene rings is 11. The molecule has 0 aliphatic rings. The summed E-state index contributed by atoms with van der Waals surface area (Å²) in [6.07, 6.45) is 0. The first-order chi connectivity index (χ1) is 32.7. The minimum Gasteiger partial charge on any atom is -0.455 e. The van der Waals surface area contributed by atoms with Crippen LogP contribution < -0.4 is 0 Å². The maximum absolute atomic E-state index is 7.09. The quantitative estimate of drug-likeness (QED) is 0.173. The van der Waals surface area contributed by atoms with Crippen LogP contribution in [-0.2, 0) is 0 Å². The lowest BCUT2D eigenvalue weighted by atomic mass is 10.0. The van der Waals surface area contributed by atoms with Gasteiger partial charge in [-0.2, -0.15) is 0 Å². The van der Waals surface area contributed by atoms with Gasteiger partial charge in [0.2, 0.25) is 0 Å². The summed E-state index contributed by atoms with van der Waals surface area (Å²) < 4.78 is 9.49. The van der Waals surface area contributed by atoms with Gasteiger partial charge in [-0.1, -0.05) is 176 Å². The van der Waals surface area contributed by atoms with Crippen LogP contribution in [0, 0.1) is 0 Å². The molecular formula is C61H36N4O. The SMILES string of the molecule is c1ccc(-c2ccc(-c3nc(-c4cccc5ccccc45)nc(-c4cc(-n5c6cc7ccccc7cc6c6cc7ccccc7cc65)cc5oc6c7ccccc7ccc6c45)n3)cc2)cc1. The molecule has 0 fully saturated rings. The largest absolute Gasteiger partial charge is 0.455 e. The molecule has 0 unspecified atom stereocenters. The van der Waals surface area contributed by atoms with E-state index < -0.39 is 0 Å². The van der Waals surface area contributed by atoms with Crippen LogP contribution in [0.2, 0.25) is 0 Å². The molecule has 14 aromatic rings. The summed E-state index contributed by atoms with van der Waals surface area (Å²) in [7, 11) is 0. The molecule has 14 rings (SSSR count). The predicted octanol–water partition coefficient (Wildman–Crippen LogP) is 16.1. The summed E-state index contributed by atoms with van der Waals surface area (Å²) in [5.74, 6) is 1.76. The molecule has 11 aromatic carbocycles. The van der Waals surface area contributed by atoms with Gasteiger partial charge < -0.3 is 8.98 Å². The average Bonchev–Trinajstić information content (AvgIpc) is 3.92. The Balaban J connectivity index is 1.10. The standard InChI is InChI=1S/C61H36N4O/c1-2-13-37(14-3-1)38-25-27-41(28-26-38)59-62-60(49-24-12-21-39-15-8-10-22-47(39)49)64-61(63-59)53-35-46(36-56-57(53)50-30-29-40-16-9-11-23-48(40)58(50)66-56)65-54-33-44-19-6-4-17-42(44)31-51(54)52-32-43-18-5-7-20-45(43)34-55(52)65/h1-36H. The van der Waals surface area contributed by atoms with Crippen LogP contribution in [0.3, 0.4) is 0 Å². The maximum Gasteiger partial charge on any atom is 0.164 e. The van der Waals surface area contributed by atoms with Gasteiger partial charge in [-0.3, -0.25) is 0 Å². The van der Waals surface area contributed by atoms with Crippen molar-refractivity contribution in [3.05, 3.63) is 218 Å². The molecule has 0 bridgehead atoms. The normalized spacial score (nSPS) is 11.9. The van der Waals surface area contributed by atoms with Gasteiger partial charge in [0, 0.05) is 49.7 Å². The Hall–Kier alpha value is -8.93. The number of fused-ring (bicyclic) bond motifs is 11. The minimum absolute atomic E-state index is 0.564. The van der Waals surface area contributed by atoms with Gasteiger partial charge in [-0.15, -0.1) is 0 Å². The van der Waals surface area contributed by atoms with Gasteiger partial charge >= 0.3 is 0 Å². The molecule has 3 heterocycles. The first-order valence-electron chi connectivity index (χ1n) is 22.3. The van der Waals surface area contributed by atoms with E-state index in [-0.39, 0.29) is 0 Å². The fourth-order valence-electron chi connectivity index (χ4n) is 10.2. The molecule has 0 N–H and O–H groups in total.